The van der Waals surface area contributed by atoms with E-state index in [0.29, 0.717) is 6.54 Å². The molecule has 0 saturated carbocycles. The zero-order valence-corrected chi connectivity index (χ0v) is 11.5. The van der Waals surface area contributed by atoms with Crippen molar-refractivity contribution in [1.29, 1.82) is 0 Å². The number of hydrogen-bond donors (Lipinski definition) is 1. The number of likely N-dealkylation sites (tertiary alicyclic amines) is 1. The van der Waals surface area contributed by atoms with E-state index in [-0.39, 0.29) is 0 Å². The van der Waals surface area contributed by atoms with Crippen LogP contribution in [0.3, 0.4) is 0 Å². The van der Waals surface area contributed by atoms with Gasteiger partial charge in [0.15, 0.2) is 0 Å². The van der Waals surface area contributed by atoms with E-state index in [1.807, 2.05) is 6.07 Å². The zero-order valence-electron chi connectivity index (χ0n) is 11.5. The topological polar surface area (TPSA) is 54.2 Å². The van der Waals surface area contributed by atoms with Crippen molar-refractivity contribution >= 4 is 0 Å². The molecule has 106 valence electrons. The van der Waals surface area contributed by atoms with Crippen LogP contribution in [0, 0.1) is 0 Å². The molecule has 2 heterocycles. The number of aromatic nitrogens is 3. The fraction of sp³-hybridized carbons (Fsp3) is 0.467. The molecule has 0 aliphatic carbocycles. The molecule has 5 heteroatoms. The molecule has 1 aromatic carbocycles. The second kappa shape index (κ2) is 5.73. The van der Waals surface area contributed by atoms with E-state index in [9.17, 15) is 5.11 Å². The second-order valence-electron chi connectivity index (χ2n) is 5.58. The molecule has 5 nitrogen and oxygen atoms in total. The summed E-state index contributed by atoms with van der Waals surface area (Å²) >= 11 is 0. The first-order chi connectivity index (χ1) is 9.73. The monoisotopic (exact) mass is 272 g/mol. The minimum atomic E-state index is -0.652. The zero-order chi connectivity index (χ0) is 13.8. The Bertz CT molecular complexity index is 518. The van der Waals surface area contributed by atoms with E-state index in [2.05, 4.69) is 39.2 Å². The maximum atomic E-state index is 10.6. The first-order valence-electron chi connectivity index (χ1n) is 7.05. The predicted molar refractivity (Wildman–Crippen MR) is 75.9 cm³/mol. The summed E-state index contributed by atoms with van der Waals surface area (Å²) in [5.74, 6) is 0. The molecule has 0 radical (unpaired) electrons. The minimum Gasteiger partial charge on any atom is -0.388 e. The molecule has 0 bridgehead atoms. The molecule has 1 aliphatic heterocycles. The minimum absolute atomic E-state index is 0.534. The van der Waals surface area contributed by atoms with Gasteiger partial charge in [-0.3, -0.25) is 9.58 Å². The van der Waals surface area contributed by atoms with Crippen molar-refractivity contribution in [2.24, 2.45) is 0 Å². The maximum Gasteiger partial charge on any atom is 0.137 e. The van der Waals surface area contributed by atoms with Gasteiger partial charge in [-0.25, -0.2) is 4.98 Å². The molecule has 0 amide bonds. The Balaban J connectivity index is 1.54. The van der Waals surface area contributed by atoms with Gasteiger partial charge in [-0.15, -0.1) is 0 Å². The van der Waals surface area contributed by atoms with E-state index in [0.717, 1.165) is 32.5 Å². The Morgan fingerprint density at radius 1 is 1.15 bits per heavy atom. The number of piperidine rings is 1. The number of aliphatic hydroxyl groups is 1. The molecule has 1 aliphatic rings. The highest BCUT2D eigenvalue weighted by Crippen LogP contribution is 2.24. The Labute approximate surface area is 118 Å². The molecule has 2 aromatic rings. The van der Waals surface area contributed by atoms with E-state index in [4.69, 9.17) is 0 Å². The van der Waals surface area contributed by atoms with Crippen molar-refractivity contribution in [2.75, 3.05) is 13.1 Å². The van der Waals surface area contributed by atoms with Crippen LogP contribution in [0.5, 0.6) is 0 Å². The lowest BCUT2D eigenvalue weighted by Crippen LogP contribution is -2.46. The standard InChI is InChI=1S/C15H20N4O/c20-15(11-19-13-16-12-17-19)6-8-18(9-7-15)10-14-4-2-1-3-5-14/h1-5,12-13,20H,6-11H2. The van der Waals surface area contributed by atoms with Gasteiger partial charge in [0.2, 0.25) is 0 Å². The van der Waals surface area contributed by atoms with Crippen LogP contribution in [0.4, 0.5) is 0 Å². The van der Waals surface area contributed by atoms with Crippen molar-refractivity contribution in [2.45, 2.75) is 31.5 Å². The van der Waals surface area contributed by atoms with Gasteiger partial charge in [0.1, 0.15) is 12.7 Å². The van der Waals surface area contributed by atoms with Crippen molar-refractivity contribution in [3.05, 3.63) is 48.5 Å². The predicted octanol–water partition coefficient (Wildman–Crippen LogP) is 1.31. The van der Waals surface area contributed by atoms with Crippen molar-refractivity contribution in [1.82, 2.24) is 19.7 Å². The molecule has 0 unspecified atom stereocenters. The van der Waals surface area contributed by atoms with Gasteiger partial charge in [-0.1, -0.05) is 30.3 Å². The lowest BCUT2D eigenvalue weighted by molar-refractivity contribution is -0.0381. The fourth-order valence-electron chi connectivity index (χ4n) is 2.74. The van der Waals surface area contributed by atoms with Crippen LogP contribution in [-0.4, -0.2) is 43.5 Å². The normalized spacial score (nSPS) is 19.1. The highest BCUT2D eigenvalue weighted by molar-refractivity contribution is 5.14. The molecule has 0 atom stereocenters. The summed E-state index contributed by atoms with van der Waals surface area (Å²) in [6, 6.07) is 10.5. The third-order valence-electron chi connectivity index (χ3n) is 3.96. The van der Waals surface area contributed by atoms with Crippen molar-refractivity contribution in [3.63, 3.8) is 0 Å². The van der Waals surface area contributed by atoms with Crippen LogP contribution in [0.25, 0.3) is 0 Å². The first-order valence-corrected chi connectivity index (χ1v) is 7.05. The van der Waals surface area contributed by atoms with Gasteiger partial charge >= 0.3 is 0 Å². The maximum absolute atomic E-state index is 10.6. The summed E-state index contributed by atoms with van der Waals surface area (Å²) in [6.07, 6.45) is 4.72. The molecule has 3 rings (SSSR count). The van der Waals surface area contributed by atoms with Gasteiger partial charge in [0.05, 0.1) is 12.1 Å². The molecule has 1 fully saturated rings. The molecule has 1 N–H and O–H groups in total. The Kier molecular flexibility index (Phi) is 3.80. The SMILES string of the molecule is OC1(Cn2cncn2)CCN(Cc2ccccc2)CC1. The van der Waals surface area contributed by atoms with E-state index < -0.39 is 5.60 Å². The number of nitrogens with zero attached hydrogens (tertiary/aromatic N) is 4. The van der Waals surface area contributed by atoms with Crippen LogP contribution in [0.15, 0.2) is 43.0 Å². The Hall–Kier alpha value is -1.72. The highest BCUT2D eigenvalue weighted by atomic mass is 16.3. The molecule has 1 saturated heterocycles. The van der Waals surface area contributed by atoms with Gasteiger partial charge in [0, 0.05) is 19.6 Å². The van der Waals surface area contributed by atoms with Gasteiger partial charge < -0.3 is 5.11 Å². The third-order valence-corrected chi connectivity index (χ3v) is 3.96. The van der Waals surface area contributed by atoms with Gasteiger partial charge in [-0.05, 0) is 18.4 Å². The quantitative estimate of drug-likeness (QED) is 0.911. The number of hydrogen-bond acceptors (Lipinski definition) is 4. The second-order valence-corrected chi connectivity index (χ2v) is 5.58. The third kappa shape index (κ3) is 3.23. The number of rotatable bonds is 4. The summed E-state index contributed by atoms with van der Waals surface area (Å²) in [6.45, 7) is 3.33. The summed E-state index contributed by atoms with van der Waals surface area (Å²) < 4.78 is 1.72. The average Bonchev–Trinajstić information content (AvgIpc) is 2.95. The van der Waals surface area contributed by atoms with Gasteiger partial charge in [0.25, 0.3) is 0 Å². The molecular formula is C15H20N4O. The van der Waals surface area contributed by atoms with E-state index >= 15 is 0 Å². The summed E-state index contributed by atoms with van der Waals surface area (Å²) in [5, 5.41) is 14.7. The molecule has 0 spiro atoms. The van der Waals surface area contributed by atoms with Crippen LogP contribution in [0.2, 0.25) is 0 Å². The first kappa shape index (κ1) is 13.3. The molecule has 1 aromatic heterocycles. The summed E-state index contributed by atoms with van der Waals surface area (Å²) in [7, 11) is 0. The summed E-state index contributed by atoms with van der Waals surface area (Å²) in [4.78, 5) is 6.31. The number of benzene rings is 1. The molecular weight excluding hydrogens is 252 g/mol. The Morgan fingerprint density at radius 3 is 2.55 bits per heavy atom. The van der Waals surface area contributed by atoms with Crippen LogP contribution in [-0.2, 0) is 13.1 Å². The summed E-state index contributed by atoms with van der Waals surface area (Å²) in [5.41, 5.74) is 0.676. The van der Waals surface area contributed by atoms with Crippen LogP contribution in [0.1, 0.15) is 18.4 Å². The average molecular weight is 272 g/mol. The van der Waals surface area contributed by atoms with Crippen LogP contribution >= 0.6 is 0 Å². The van der Waals surface area contributed by atoms with Crippen molar-refractivity contribution in [3.8, 4) is 0 Å². The lowest BCUT2D eigenvalue weighted by atomic mass is 9.91. The lowest BCUT2D eigenvalue weighted by Gasteiger charge is -2.38. The molecule has 20 heavy (non-hydrogen) atoms. The van der Waals surface area contributed by atoms with Crippen molar-refractivity contribution < 1.29 is 5.11 Å². The fourth-order valence-corrected chi connectivity index (χ4v) is 2.74. The van der Waals surface area contributed by atoms with E-state index in [1.165, 1.54) is 11.9 Å². The highest BCUT2D eigenvalue weighted by Gasteiger charge is 2.32. The van der Waals surface area contributed by atoms with E-state index in [1.54, 1.807) is 11.0 Å². The van der Waals surface area contributed by atoms with Crippen LogP contribution < -0.4 is 0 Å². The van der Waals surface area contributed by atoms with Gasteiger partial charge in [-0.2, -0.15) is 5.10 Å². The Morgan fingerprint density at radius 2 is 1.90 bits per heavy atom. The smallest absolute Gasteiger partial charge is 0.137 e. The largest absolute Gasteiger partial charge is 0.388 e.